The summed E-state index contributed by atoms with van der Waals surface area (Å²) in [6.07, 6.45) is -1.75. The summed E-state index contributed by atoms with van der Waals surface area (Å²) in [6.45, 7) is 0.284. The third kappa shape index (κ3) is 3.48. The van der Waals surface area contributed by atoms with Crippen LogP contribution in [0.3, 0.4) is 0 Å². The van der Waals surface area contributed by atoms with Crippen LogP contribution in [0.5, 0.6) is 0 Å². The molecule has 1 saturated heterocycles. The smallest absolute Gasteiger partial charge is 0.254 e. The molecule has 0 radical (unpaired) electrons. The van der Waals surface area contributed by atoms with Crippen molar-refractivity contribution < 1.29 is 19.7 Å². The normalized spacial score (nSPS) is 21.4. The second-order valence-corrected chi connectivity index (χ2v) is 5.91. The number of rotatable bonds is 7. The van der Waals surface area contributed by atoms with Gasteiger partial charge in [0.05, 0.1) is 19.3 Å². The van der Waals surface area contributed by atoms with Crippen molar-refractivity contribution in [1.82, 2.24) is 4.90 Å². The van der Waals surface area contributed by atoms with Crippen LogP contribution in [0.2, 0.25) is 0 Å². The number of hydrogen-bond donors (Lipinski definition) is 2. The lowest BCUT2D eigenvalue weighted by Gasteiger charge is -2.48. The lowest BCUT2D eigenvalue weighted by Crippen LogP contribution is -2.69. The van der Waals surface area contributed by atoms with E-state index in [1.54, 1.807) is 4.90 Å². The summed E-state index contributed by atoms with van der Waals surface area (Å²) in [5.74, 6) is -0.160. The van der Waals surface area contributed by atoms with E-state index in [9.17, 15) is 15.0 Å². The van der Waals surface area contributed by atoms with Crippen LogP contribution in [0.1, 0.15) is 11.1 Å². The molecule has 0 aromatic heterocycles. The Bertz CT molecular complexity index is 662. The number of ether oxygens (including phenoxy) is 1. The van der Waals surface area contributed by atoms with Crippen LogP contribution in [0.15, 0.2) is 60.7 Å². The fraction of sp³-hybridized carbons (Fsp3) is 0.316. The minimum Gasteiger partial charge on any atom is -0.394 e. The number of benzene rings is 2. The van der Waals surface area contributed by atoms with E-state index in [2.05, 4.69) is 0 Å². The Balaban J connectivity index is 1.67. The van der Waals surface area contributed by atoms with Crippen molar-refractivity contribution >= 4 is 5.91 Å². The Hall–Kier alpha value is -2.21. The quantitative estimate of drug-likeness (QED) is 0.753. The fourth-order valence-corrected chi connectivity index (χ4v) is 2.95. The minimum atomic E-state index is -1.02. The average molecular weight is 327 g/mol. The van der Waals surface area contributed by atoms with Gasteiger partial charge in [0.2, 0.25) is 0 Å². The molecule has 0 spiro atoms. The molecule has 0 bridgehead atoms. The first-order valence-electron chi connectivity index (χ1n) is 7.99. The lowest BCUT2D eigenvalue weighted by molar-refractivity contribution is -0.190. The first-order chi connectivity index (χ1) is 11.7. The van der Waals surface area contributed by atoms with E-state index in [-0.39, 0.29) is 5.91 Å². The zero-order valence-corrected chi connectivity index (χ0v) is 13.3. The number of carbonyl (C=O) groups is 1. The molecule has 1 aliphatic rings. The second-order valence-electron chi connectivity index (χ2n) is 5.91. The molecule has 126 valence electrons. The Kier molecular flexibility index (Phi) is 5.25. The number of β-lactam (4-membered cyclic amide) rings is 1. The van der Waals surface area contributed by atoms with Crippen molar-refractivity contribution in [3.05, 3.63) is 71.8 Å². The van der Waals surface area contributed by atoms with Crippen molar-refractivity contribution in [2.45, 2.75) is 31.4 Å². The number of hydrogen-bond acceptors (Lipinski definition) is 4. The fourth-order valence-electron chi connectivity index (χ4n) is 2.95. The topological polar surface area (TPSA) is 70.0 Å². The predicted octanol–water partition coefficient (Wildman–Crippen LogP) is 1.34. The third-order valence-corrected chi connectivity index (χ3v) is 4.25. The molecule has 0 saturated carbocycles. The van der Waals surface area contributed by atoms with Crippen LogP contribution in [-0.4, -0.2) is 45.9 Å². The van der Waals surface area contributed by atoms with Gasteiger partial charge in [0.25, 0.3) is 5.91 Å². The van der Waals surface area contributed by atoms with E-state index in [0.29, 0.717) is 13.2 Å². The summed E-state index contributed by atoms with van der Waals surface area (Å²) < 4.78 is 5.72. The van der Waals surface area contributed by atoms with Crippen molar-refractivity contribution in [1.29, 1.82) is 0 Å². The zero-order chi connectivity index (χ0) is 16.9. The van der Waals surface area contributed by atoms with Crippen molar-refractivity contribution in [3.8, 4) is 0 Å². The van der Waals surface area contributed by atoms with E-state index in [1.165, 1.54) is 0 Å². The van der Waals surface area contributed by atoms with Gasteiger partial charge in [-0.05, 0) is 11.1 Å². The molecule has 2 N–H and O–H groups in total. The molecule has 3 rings (SSSR count). The van der Waals surface area contributed by atoms with E-state index >= 15 is 0 Å². The number of aliphatic hydroxyl groups excluding tert-OH is 2. The maximum atomic E-state index is 12.4. The first kappa shape index (κ1) is 16.6. The molecule has 1 fully saturated rings. The van der Waals surface area contributed by atoms with Gasteiger partial charge in [0.1, 0.15) is 6.10 Å². The Labute approximate surface area is 141 Å². The summed E-state index contributed by atoms with van der Waals surface area (Å²) in [6, 6.07) is 18.6. The molecule has 1 amide bonds. The Morgan fingerprint density at radius 1 is 1.00 bits per heavy atom. The zero-order valence-electron chi connectivity index (χ0n) is 13.3. The first-order valence-corrected chi connectivity index (χ1v) is 7.99. The SMILES string of the molecule is O=C1[C@H](OCc2ccccc2)[C@H]([C@@H](O)CO)N1Cc1ccccc1. The van der Waals surface area contributed by atoms with Crippen LogP contribution in [0.25, 0.3) is 0 Å². The van der Waals surface area contributed by atoms with Crippen LogP contribution in [-0.2, 0) is 22.7 Å². The van der Waals surface area contributed by atoms with Crippen molar-refractivity contribution in [2.75, 3.05) is 6.61 Å². The van der Waals surface area contributed by atoms with Gasteiger partial charge in [0, 0.05) is 6.54 Å². The third-order valence-electron chi connectivity index (χ3n) is 4.25. The summed E-state index contributed by atoms with van der Waals surface area (Å²) in [4.78, 5) is 14.0. The number of likely N-dealkylation sites (tertiary alicyclic amines) is 1. The summed E-state index contributed by atoms with van der Waals surface area (Å²) in [5, 5.41) is 19.4. The molecule has 1 heterocycles. The van der Waals surface area contributed by atoms with E-state index in [4.69, 9.17) is 4.74 Å². The van der Waals surface area contributed by atoms with E-state index in [1.807, 2.05) is 60.7 Å². The highest BCUT2D eigenvalue weighted by Crippen LogP contribution is 2.29. The number of carbonyl (C=O) groups excluding carboxylic acids is 1. The standard InChI is InChI=1S/C19H21NO4/c21-12-16(22)17-18(24-13-15-9-5-2-6-10-15)19(23)20(17)11-14-7-3-1-4-8-14/h1-10,16-18,21-22H,11-13H2/t16-,17-,18+/m0/s1. The lowest BCUT2D eigenvalue weighted by atomic mass is 9.91. The number of aliphatic hydroxyl groups is 2. The van der Waals surface area contributed by atoms with Gasteiger partial charge in [-0.2, -0.15) is 0 Å². The molecule has 5 nitrogen and oxygen atoms in total. The van der Waals surface area contributed by atoms with Gasteiger partial charge in [-0.1, -0.05) is 60.7 Å². The van der Waals surface area contributed by atoms with Crippen LogP contribution < -0.4 is 0 Å². The van der Waals surface area contributed by atoms with Gasteiger partial charge in [-0.3, -0.25) is 4.79 Å². The summed E-state index contributed by atoms with van der Waals surface area (Å²) in [5.41, 5.74) is 1.94. The largest absolute Gasteiger partial charge is 0.394 e. The van der Waals surface area contributed by atoms with E-state index in [0.717, 1.165) is 11.1 Å². The molecule has 0 aliphatic carbocycles. The second kappa shape index (κ2) is 7.57. The minimum absolute atomic E-state index is 0.160. The van der Waals surface area contributed by atoms with Gasteiger partial charge >= 0.3 is 0 Å². The van der Waals surface area contributed by atoms with Crippen molar-refractivity contribution in [3.63, 3.8) is 0 Å². The van der Waals surface area contributed by atoms with Crippen molar-refractivity contribution in [2.24, 2.45) is 0 Å². The Morgan fingerprint density at radius 2 is 1.58 bits per heavy atom. The maximum Gasteiger partial charge on any atom is 0.254 e. The molecular weight excluding hydrogens is 306 g/mol. The molecular formula is C19H21NO4. The molecule has 2 aromatic rings. The summed E-state index contributed by atoms with van der Waals surface area (Å²) in [7, 11) is 0. The van der Waals surface area contributed by atoms with Gasteiger partial charge in [-0.25, -0.2) is 0 Å². The maximum absolute atomic E-state index is 12.4. The highest BCUT2D eigenvalue weighted by atomic mass is 16.5. The number of nitrogens with zero attached hydrogens (tertiary/aromatic N) is 1. The molecule has 24 heavy (non-hydrogen) atoms. The highest BCUT2D eigenvalue weighted by Gasteiger charge is 2.51. The molecule has 2 aromatic carbocycles. The average Bonchev–Trinajstić information content (AvgIpc) is 2.64. The molecule has 1 aliphatic heterocycles. The number of amides is 1. The monoisotopic (exact) mass is 327 g/mol. The van der Waals surface area contributed by atoms with Crippen LogP contribution in [0.4, 0.5) is 0 Å². The van der Waals surface area contributed by atoms with E-state index < -0.39 is 24.9 Å². The van der Waals surface area contributed by atoms with Gasteiger partial charge < -0.3 is 19.8 Å². The Morgan fingerprint density at radius 3 is 2.17 bits per heavy atom. The molecule has 0 unspecified atom stereocenters. The van der Waals surface area contributed by atoms with Gasteiger partial charge in [0.15, 0.2) is 6.10 Å². The molecule has 5 heteroatoms. The summed E-state index contributed by atoms with van der Waals surface area (Å²) >= 11 is 0. The predicted molar refractivity (Wildman–Crippen MR) is 88.9 cm³/mol. The van der Waals surface area contributed by atoms with Crippen LogP contribution >= 0.6 is 0 Å². The highest BCUT2D eigenvalue weighted by molar-refractivity contribution is 5.88. The van der Waals surface area contributed by atoms with Gasteiger partial charge in [-0.15, -0.1) is 0 Å². The molecule has 3 atom stereocenters. The van der Waals surface area contributed by atoms with Crippen LogP contribution in [0, 0.1) is 0 Å².